The number of hydrogen-bond acceptors (Lipinski definition) is 3. The highest BCUT2D eigenvalue weighted by Crippen LogP contribution is 2.68. The minimum Gasteiger partial charge on any atom is -0.497 e. The molecule has 0 heterocycles. The Kier molecular flexibility index (Phi) is 9.08. The van der Waals surface area contributed by atoms with Gasteiger partial charge in [-0.25, -0.2) is 0 Å². The molecule has 39 heavy (non-hydrogen) atoms. The summed E-state index contributed by atoms with van der Waals surface area (Å²) in [5.74, 6) is 5.50. The molecule has 0 saturated heterocycles. The number of halogens is 2. The molecule has 0 spiro atoms. The van der Waals surface area contributed by atoms with E-state index in [-0.39, 0.29) is 5.25 Å². The van der Waals surface area contributed by atoms with Crippen molar-refractivity contribution in [2.45, 2.75) is 108 Å². The number of fused-ring (bicyclic) bond motifs is 5. The lowest BCUT2D eigenvalue weighted by Gasteiger charge is -2.61. The van der Waals surface area contributed by atoms with Crippen molar-refractivity contribution in [3.63, 3.8) is 0 Å². The molecule has 0 amide bonds. The molecule has 0 N–H and O–H groups in total. The van der Waals surface area contributed by atoms with Gasteiger partial charge in [0, 0.05) is 17.3 Å². The third kappa shape index (κ3) is 5.83. The van der Waals surface area contributed by atoms with Crippen LogP contribution in [0.5, 0.6) is 5.75 Å². The van der Waals surface area contributed by atoms with Crippen LogP contribution in [0.4, 0.5) is 8.78 Å². The first kappa shape index (κ1) is 29.4. The van der Waals surface area contributed by atoms with E-state index in [2.05, 4.69) is 20.8 Å². The van der Waals surface area contributed by atoms with E-state index in [1.165, 1.54) is 63.9 Å². The van der Waals surface area contributed by atoms with Gasteiger partial charge in [0.1, 0.15) is 5.75 Å². The fraction of sp³-hybridized carbons (Fsp3) is 0.765. The molecule has 1 aromatic rings. The maximum atomic E-state index is 13.4. The van der Waals surface area contributed by atoms with Gasteiger partial charge in [-0.05, 0) is 147 Å². The fourth-order valence-corrected chi connectivity index (χ4v) is 11.2. The van der Waals surface area contributed by atoms with Crippen LogP contribution in [0.25, 0.3) is 0 Å². The number of thioether (sulfide) groups is 1. The summed E-state index contributed by atoms with van der Waals surface area (Å²) in [7, 11) is 3.54. The summed E-state index contributed by atoms with van der Waals surface area (Å²) in [4.78, 5) is 1.01. The standard InChI is InChI=1S/C34H50F2O2S/c1-22(6-10-27(21-32(35)36)39-26-11-8-24(37-4)9-12-26)29-14-15-30-28-13-7-23-20-25(38-5)16-18-33(23,2)31(28)17-19-34(29,30)3/h8-9,11-12,21-23,25,27-31H,6-7,10,13-20H2,1-5H3/t22-,23+,25-,27-,28+,29-,30+,31+,33+,34-/m1/s1. The van der Waals surface area contributed by atoms with E-state index in [1.54, 1.807) is 18.9 Å². The summed E-state index contributed by atoms with van der Waals surface area (Å²) in [5.41, 5.74) is 0.908. The van der Waals surface area contributed by atoms with Crippen molar-refractivity contribution in [3.05, 3.63) is 36.4 Å². The molecule has 218 valence electrons. The van der Waals surface area contributed by atoms with E-state index in [0.29, 0.717) is 28.8 Å². The first-order valence-electron chi connectivity index (χ1n) is 15.5. The Bertz CT molecular complexity index is 993. The molecular weight excluding hydrogens is 510 g/mol. The van der Waals surface area contributed by atoms with E-state index in [4.69, 9.17) is 9.47 Å². The molecule has 10 atom stereocenters. The number of rotatable bonds is 9. The Morgan fingerprint density at radius 3 is 2.36 bits per heavy atom. The highest BCUT2D eigenvalue weighted by atomic mass is 32.2. The molecule has 5 rings (SSSR count). The normalized spacial score (nSPS) is 39.2. The molecule has 0 aliphatic heterocycles. The van der Waals surface area contributed by atoms with Crippen molar-refractivity contribution in [1.29, 1.82) is 0 Å². The quantitative estimate of drug-likeness (QED) is 0.280. The Morgan fingerprint density at radius 1 is 0.949 bits per heavy atom. The Balaban J connectivity index is 1.23. The molecule has 4 aliphatic carbocycles. The van der Waals surface area contributed by atoms with Crippen molar-refractivity contribution in [3.8, 4) is 5.75 Å². The molecule has 0 unspecified atom stereocenters. The van der Waals surface area contributed by atoms with E-state index in [9.17, 15) is 8.78 Å². The molecule has 4 fully saturated rings. The average molecular weight is 561 g/mol. The van der Waals surface area contributed by atoms with Crippen LogP contribution in [-0.4, -0.2) is 25.6 Å². The van der Waals surface area contributed by atoms with Crippen LogP contribution in [0.3, 0.4) is 0 Å². The lowest BCUT2D eigenvalue weighted by Crippen LogP contribution is -2.54. The molecule has 1 aromatic carbocycles. The average Bonchev–Trinajstić information content (AvgIpc) is 3.28. The van der Waals surface area contributed by atoms with Gasteiger partial charge < -0.3 is 9.47 Å². The van der Waals surface area contributed by atoms with E-state index in [1.807, 2.05) is 31.4 Å². The van der Waals surface area contributed by atoms with Crippen molar-refractivity contribution >= 4 is 11.8 Å². The molecule has 4 saturated carbocycles. The maximum absolute atomic E-state index is 13.4. The van der Waals surface area contributed by atoms with Crippen molar-refractivity contribution in [2.24, 2.45) is 46.3 Å². The first-order chi connectivity index (χ1) is 18.7. The Hall–Kier alpha value is -1.07. The Labute approximate surface area is 240 Å². The van der Waals surface area contributed by atoms with Crippen LogP contribution in [0.1, 0.15) is 91.4 Å². The van der Waals surface area contributed by atoms with Crippen molar-refractivity contribution < 1.29 is 18.3 Å². The predicted molar refractivity (Wildman–Crippen MR) is 157 cm³/mol. The largest absolute Gasteiger partial charge is 0.497 e. The summed E-state index contributed by atoms with van der Waals surface area (Å²) in [6.45, 7) is 7.67. The van der Waals surface area contributed by atoms with Gasteiger partial charge in [0.15, 0.2) is 0 Å². The molecule has 4 aliphatic rings. The van der Waals surface area contributed by atoms with Crippen LogP contribution in [0.2, 0.25) is 0 Å². The molecule has 2 nitrogen and oxygen atoms in total. The maximum Gasteiger partial charge on any atom is 0.267 e. The lowest BCUT2D eigenvalue weighted by atomic mass is 9.44. The summed E-state index contributed by atoms with van der Waals surface area (Å²) < 4.78 is 37.8. The van der Waals surface area contributed by atoms with Crippen LogP contribution >= 0.6 is 11.8 Å². The molecule has 0 bridgehead atoms. The third-order valence-corrected chi connectivity index (χ3v) is 13.5. The summed E-state index contributed by atoms with van der Waals surface area (Å²) in [6.07, 6.45) is 13.9. The third-order valence-electron chi connectivity index (χ3n) is 12.3. The van der Waals surface area contributed by atoms with Gasteiger partial charge in [-0.15, -0.1) is 11.8 Å². The van der Waals surface area contributed by atoms with E-state index >= 15 is 0 Å². The topological polar surface area (TPSA) is 18.5 Å². The van der Waals surface area contributed by atoms with Gasteiger partial charge in [-0.3, -0.25) is 0 Å². The highest BCUT2D eigenvalue weighted by Gasteiger charge is 2.60. The zero-order valence-electron chi connectivity index (χ0n) is 24.8. The van der Waals surface area contributed by atoms with Gasteiger partial charge in [0.25, 0.3) is 6.08 Å². The number of ether oxygens (including phenoxy) is 2. The van der Waals surface area contributed by atoms with Crippen LogP contribution in [-0.2, 0) is 4.74 Å². The SMILES string of the molecule is COc1ccc(S[C@@H](C=C(F)F)CC[C@@H](C)[C@H]2CC[C@H]3[C@@H]4CC[C@H]5C[C@H](OC)CC[C@]5(C)[C@H]4CC[C@]23C)cc1. The summed E-state index contributed by atoms with van der Waals surface area (Å²) >= 11 is 1.55. The summed E-state index contributed by atoms with van der Waals surface area (Å²) in [5, 5.41) is -0.205. The smallest absolute Gasteiger partial charge is 0.267 e. The molecular formula is C34H50F2O2S. The van der Waals surface area contributed by atoms with Gasteiger partial charge in [0.05, 0.1) is 13.2 Å². The van der Waals surface area contributed by atoms with Crippen LogP contribution in [0.15, 0.2) is 41.3 Å². The monoisotopic (exact) mass is 560 g/mol. The zero-order chi connectivity index (χ0) is 27.8. The first-order valence-corrected chi connectivity index (χ1v) is 16.4. The fourth-order valence-electron chi connectivity index (χ4n) is 10.2. The predicted octanol–water partition coefficient (Wildman–Crippen LogP) is 10.0. The molecule has 0 aromatic heterocycles. The van der Waals surface area contributed by atoms with E-state index < -0.39 is 6.08 Å². The second kappa shape index (κ2) is 12.0. The highest BCUT2D eigenvalue weighted by molar-refractivity contribution is 8.00. The lowest BCUT2D eigenvalue weighted by molar-refractivity contribution is -0.133. The van der Waals surface area contributed by atoms with Crippen molar-refractivity contribution in [1.82, 2.24) is 0 Å². The zero-order valence-corrected chi connectivity index (χ0v) is 25.6. The number of benzene rings is 1. The van der Waals surface area contributed by atoms with Gasteiger partial charge >= 0.3 is 0 Å². The number of hydrogen-bond donors (Lipinski definition) is 0. The van der Waals surface area contributed by atoms with E-state index in [0.717, 1.165) is 47.2 Å². The van der Waals surface area contributed by atoms with Gasteiger partial charge in [0.2, 0.25) is 0 Å². The van der Waals surface area contributed by atoms with Gasteiger partial charge in [-0.2, -0.15) is 8.78 Å². The Morgan fingerprint density at radius 2 is 1.67 bits per heavy atom. The second-order valence-electron chi connectivity index (χ2n) is 13.9. The van der Waals surface area contributed by atoms with Gasteiger partial charge in [-0.1, -0.05) is 20.8 Å². The second-order valence-corrected chi connectivity index (χ2v) is 15.2. The molecule has 5 heteroatoms. The van der Waals surface area contributed by atoms with Crippen LogP contribution < -0.4 is 4.74 Å². The summed E-state index contributed by atoms with van der Waals surface area (Å²) in [6, 6.07) is 7.76. The molecule has 0 radical (unpaired) electrons. The number of methoxy groups -OCH3 is 2. The van der Waals surface area contributed by atoms with Crippen molar-refractivity contribution in [2.75, 3.05) is 14.2 Å². The minimum absolute atomic E-state index is 0.205. The minimum atomic E-state index is -1.57. The van der Waals surface area contributed by atoms with Crippen LogP contribution in [0, 0.1) is 46.3 Å².